The predicted molar refractivity (Wildman–Crippen MR) is 85.9 cm³/mol. The molecular formula is C18H25NO. The number of fused-ring (bicyclic) bond motifs is 1. The fourth-order valence-corrected chi connectivity index (χ4v) is 2.53. The van der Waals surface area contributed by atoms with E-state index in [0.29, 0.717) is 0 Å². The maximum atomic E-state index is 10.4. The Labute approximate surface area is 122 Å². The molecule has 0 aromatic heterocycles. The van der Waals surface area contributed by atoms with Crippen molar-refractivity contribution in [2.45, 2.75) is 32.8 Å². The molecule has 0 saturated carbocycles. The molecule has 1 unspecified atom stereocenters. The van der Waals surface area contributed by atoms with Gasteiger partial charge in [0.1, 0.15) is 0 Å². The molecular weight excluding hydrogens is 246 g/mol. The van der Waals surface area contributed by atoms with Crippen LogP contribution in [0.5, 0.6) is 0 Å². The summed E-state index contributed by atoms with van der Waals surface area (Å²) >= 11 is 0. The molecule has 0 saturated heterocycles. The Kier molecular flexibility index (Phi) is 5.57. The molecule has 2 aromatic rings. The Morgan fingerprint density at radius 3 is 2.50 bits per heavy atom. The van der Waals surface area contributed by atoms with E-state index in [0.717, 1.165) is 25.2 Å². The molecule has 0 fully saturated rings. The first kappa shape index (κ1) is 15.0. The van der Waals surface area contributed by atoms with Gasteiger partial charge in [0.25, 0.3) is 0 Å². The van der Waals surface area contributed by atoms with Crippen molar-refractivity contribution in [1.82, 2.24) is 4.90 Å². The molecule has 0 aliphatic rings. The maximum Gasteiger partial charge on any atom is 0.0917 e. The van der Waals surface area contributed by atoms with Gasteiger partial charge in [0.2, 0.25) is 0 Å². The van der Waals surface area contributed by atoms with Crippen LogP contribution in [0.15, 0.2) is 42.5 Å². The van der Waals surface area contributed by atoms with Crippen molar-refractivity contribution in [3.05, 3.63) is 48.0 Å². The van der Waals surface area contributed by atoms with Crippen LogP contribution in [0.1, 0.15) is 38.4 Å². The number of rotatable bonds is 7. The summed E-state index contributed by atoms with van der Waals surface area (Å²) in [6, 6.07) is 14.5. The van der Waals surface area contributed by atoms with Gasteiger partial charge in [0.15, 0.2) is 0 Å². The predicted octanol–water partition coefficient (Wildman–Crippen LogP) is 4.00. The van der Waals surface area contributed by atoms with Gasteiger partial charge in [0, 0.05) is 6.54 Å². The first-order valence-electron chi connectivity index (χ1n) is 7.63. The highest BCUT2D eigenvalue weighted by atomic mass is 16.3. The topological polar surface area (TPSA) is 23.5 Å². The Bertz CT molecular complexity index is 538. The summed E-state index contributed by atoms with van der Waals surface area (Å²) in [6.07, 6.45) is 1.98. The SMILES string of the molecule is CCCCN(CC)CC(O)c1ccc2ccccc2c1. The monoisotopic (exact) mass is 271 g/mol. The highest BCUT2D eigenvalue weighted by Gasteiger charge is 2.12. The van der Waals surface area contributed by atoms with Crippen LogP contribution in [0.3, 0.4) is 0 Å². The molecule has 1 atom stereocenters. The maximum absolute atomic E-state index is 10.4. The minimum Gasteiger partial charge on any atom is -0.387 e. The summed E-state index contributed by atoms with van der Waals surface area (Å²) in [5.41, 5.74) is 1.01. The molecule has 0 bridgehead atoms. The fraction of sp³-hybridized carbons (Fsp3) is 0.444. The smallest absolute Gasteiger partial charge is 0.0917 e. The number of hydrogen-bond donors (Lipinski definition) is 1. The van der Waals surface area contributed by atoms with Gasteiger partial charge < -0.3 is 10.0 Å². The highest BCUT2D eigenvalue weighted by Crippen LogP contribution is 2.21. The lowest BCUT2D eigenvalue weighted by Crippen LogP contribution is -2.29. The number of aliphatic hydroxyl groups is 1. The summed E-state index contributed by atoms with van der Waals surface area (Å²) in [6.45, 7) is 7.13. The van der Waals surface area contributed by atoms with Crippen molar-refractivity contribution >= 4 is 10.8 Å². The number of hydrogen-bond acceptors (Lipinski definition) is 2. The third-order valence-corrected chi connectivity index (χ3v) is 3.86. The lowest BCUT2D eigenvalue weighted by Gasteiger charge is -2.23. The van der Waals surface area contributed by atoms with E-state index in [1.807, 2.05) is 18.2 Å². The average Bonchev–Trinajstić information content (AvgIpc) is 2.50. The van der Waals surface area contributed by atoms with Gasteiger partial charge in [-0.2, -0.15) is 0 Å². The van der Waals surface area contributed by atoms with Crippen molar-refractivity contribution < 1.29 is 5.11 Å². The van der Waals surface area contributed by atoms with Crippen LogP contribution in [0.2, 0.25) is 0 Å². The van der Waals surface area contributed by atoms with Gasteiger partial charge >= 0.3 is 0 Å². The Hall–Kier alpha value is -1.38. The molecule has 1 N–H and O–H groups in total. The first-order chi connectivity index (χ1) is 9.74. The zero-order valence-corrected chi connectivity index (χ0v) is 12.5. The molecule has 0 heterocycles. The zero-order chi connectivity index (χ0) is 14.4. The minimum atomic E-state index is -0.406. The van der Waals surface area contributed by atoms with Crippen LogP contribution < -0.4 is 0 Å². The molecule has 2 heteroatoms. The third kappa shape index (κ3) is 3.81. The molecule has 0 radical (unpaired) electrons. The molecule has 0 aliphatic heterocycles. The summed E-state index contributed by atoms with van der Waals surface area (Å²) in [5.74, 6) is 0. The first-order valence-corrected chi connectivity index (χ1v) is 7.63. The number of benzene rings is 2. The van der Waals surface area contributed by atoms with Gasteiger partial charge in [-0.05, 0) is 41.9 Å². The molecule has 0 amide bonds. The zero-order valence-electron chi connectivity index (χ0n) is 12.5. The molecule has 108 valence electrons. The number of aliphatic hydroxyl groups excluding tert-OH is 1. The van der Waals surface area contributed by atoms with Crippen molar-refractivity contribution in [3.63, 3.8) is 0 Å². The fourth-order valence-electron chi connectivity index (χ4n) is 2.53. The van der Waals surface area contributed by atoms with Crippen LogP contribution >= 0.6 is 0 Å². The largest absolute Gasteiger partial charge is 0.387 e. The third-order valence-electron chi connectivity index (χ3n) is 3.86. The van der Waals surface area contributed by atoms with Gasteiger partial charge in [0.05, 0.1) is 6.10 Å². The van der Waals surface area contributed by atoms with E-state index in [1.165, 1.54) is 23.6 Å². The van der Waals surface area contributed by atoms with Gasteiger partial charge in [-0.15, -0.1) is 0 Å². The van der Waals surface area contributed by atoms with E-state index in [-0.39, 0.29) is 0 Å². The second-order valence-corrected chi connectivity index (χ2v) is 5.37. The molecule has 2 aromatic carbocycles. The van der Waals surface area contributed by atoms with Gasteiger partial charge in [-0.25, -0.2) is 0 Å². The highest BCUT2D eigenvalue weighted by molar-refractivity contribution is 5.83. The summed E-state index contributed by atoms with van der Waals surface area (Å²) < 4.78 is 0. The summed E-state index contributed by atoms with van der Waals surface area (Å²) in [7, 11) is 0. The second-order valence-electron chi connectivity index (χ2n) is 5.37. The lowest BCUT2D eigenvalue weighted by atomic mass is 10.0. The quantitative estimate of drug-likeness (QED) is 0.823. The molecule has 2 rings (SSSR count). The van der Waals surface area contributed by atoms with Crippen molar-refractivity contribution in [2.75, 3.05) is 19.6 Å². The minimum absolute atomic E-state index is 0.406. The van der Waals surface area contributed by atoms with Crippen LogP contribution in [0.4, 0.5) is 0 Å². The average molecular weight is 271 g/mol. The van der Waals surface area contributed by atoms with Crippen molar-refractivity contribution in [2.24, 2.45) is 0 Å². The van der Waals surface area contributed by atoms with E-state index in [4.69, 9.17) is 0 Å². The summed E-state index contributed by atoms with van der Waals surface area (Å²) in [5, 5.41) is 12.9. The molecule has 20 heavy (non-hydrogen) atoms. The van der Waals surface area contributed by atoms with Gasteiger partial charge in [-0.3, -0.25) is 0 Å². The van der Waals surface area contributed by atoms with E-state index in [2.05, 4.69) is 43.0 Å². The Morgan fingerprint density at radius 1 is 1.05 bits per heavy atom. The Balaban J connectivity index is 2.07. The van der Waals surface area contributed by atoms with Crippen LogP contribution in [0, 0.1) is 0 Å². The number of likely N-dealkylation sites (N-methyl/N-ethyl adjacent to an activating group) is 1. The normalized spacial score (nSPS) is 13.0. The Morgan fingerprint density at radius 2 is 1.80 bits per heavy atom. The van der Waals surface area contributed by atoms with E-state index in [1.54, 1.807) is 0 Å². The lowest BCUT2D eigenvalue weighted by molar-refractivity contribution is 0.115. The van der Waals surface area contributed by atoms with Crippen LogP contribution in [-0.2, 0) is 0 Å². The van der Waals surface area contributed by atoms with Crippen LogP contribution in [0.25, 0.3) is 10.8 Å². The van der Waals surface area contributed by atoms with E-state index in [9.17, 15) is 5.11 Å². The standard InChI is InChI=1S/C18H25NO/c1-3-5-12-19(4-2)14-18(20)17-11-10-15-8-6-7-9-16(15)13-17/h6-11,13,18,20H,3-5,12,14H2,1-2H3. The number of unbranched alkanes of at least 4 members (excludes halogenated alkanes) is 1. The van der Waals surface area contributed by atoms with Gasteiger partial charge in [-0.1, -0.05) is 56.7 Å². The second kappa shape index (κ2) is 7.41. The summed E-state index contributed by atoms with van der Waals surface area (Å²) in [4.78, 5) is 2.32. The number of nitrogens with zero attached hydrogens (tertiary/aromatic N) is 1. The van der Waals surface area contributed by atoms with Crippen molar-refractivity contribution in [3.8, 4) is 0 Å². The molecule has 0 aliphatic carbocycles. The van der Waals surface area contributed by atoms with Crippen molar-refractivity contribution in [1.29, 1.82) is 0 Å². The van der Waals surface area contributed by atoms with E-state index < -0.39 is 6.10 Å². The molecule has 0 spiro atoms. The molecule has 2 nitrogen and oxygen atoms in total. The van der Waals surface area contributed by atoms with E-state index >= 15 is 0 Å². The van der Waals surface area contributed by atoms with Crippen LogP contribution in [-0.4, -0.2) is 29.6 Å².